The summed E-state index contributed by atoms with van der Waals surface area (Å²) in [6.07, 6.45) is 5.42. The molecule has 0 spiro atoms. The molecule has 2 N–H and O–H groups in total. The molecular formula is C29H32N4O4. The first-order valence-corrected chi connectivity index (χ1v) is 13.0. The lowest BCUT2D eigenvalue weighted by Gasteiger charge is -2.42. The fraction of sp³-hybridized carbons (Fsp3) is 0.379. The van der Waals surface area contributed by atoms with Crippen molar-refractivity contribution in [3.63, 3.8) is 0 Å². The molecule has 3 aromatic rings. The van der Waals surface area contributed by atoms with E-state index in [1.54, 1.807) is 23.1 Å². The number of aromatic nitrogens is 1. The quantitative estimate of drug-likeness (QED) is 0.375. The zero-order valence-corrected chi connectivity index (χ0v) is 21.2. The van der Waals surface area contributed by atoms with Crippen LogP contribution in [0, 0.1) is 0 Å². The van der Waals surface area contributed by atoms with Gasteiger partial charge < -0.3 is 14.8 Å². The van der Waals surface area contributed by atoms with Gasteiger partial charge in [-0.2, -0.15) is 0 Å². The molecule has 2 unspecified atom stereocenters. The molecule has 0 saturated carbocycles. The number of amides is 3. The van der Waals surface area contributed by atoms with Crippen LogP contribution in [-0.2, 0) is 11.2 Å². The second kappa shape index (κ2) is 8.95. The number of carbonyl (C=O) groups is 2. The van der Waals surface area contributed by atoms with Crippen LogP contribution in [0.25, 0.3) is 10.9 Å². The zero-order chi connectivity index (χ0) is 25.7. The molecule has 1 saturated heterocycles. The van der Waals surface area contributed by atoms with E-state index in [-0.39, 0.29) is 17.7 Å². The molecule has 3 aliphatic heterocycles. The maximum Gasteiger partial charge on any atom is 0.328 e. The molecule has 2 aromatic carbocycles. The molecular weight excluding hydrogens is 468 g/mol. The van der Waals surface area contributed by atoms with Crippen molar-refractivity contribution in [2.75, 3.05) is 32.8 Å². The minimum atomic E-state index is -1.04. The number of benzene rings is 2. The van der Waals surface area contributed by atoms with Gasteiger partial charge in [0, 0.05) is 49.2 Å². The third-order valence-corrected chi connectivity index (χ3v) is 7.88. The highest BCUT2D eigenvalue weighted by molar-refractivity contribution is 6.08. The van der Waals surface area contributed by atoms with Crippen molar-refractivity contribution < 1.29 is 19.4 Å². The van der Waals surface area contributed by atoms with Crippen LogP contribution < -0.4 is 4.74 Å². The van der Waals surface area contributed by atoms with Crippen molar-refractivity contribution in [2.24, 2.45) is 0 Å². The number of rotatable bonds is 7. The Kier molecular flexibility index (Phi) is 5.71. The van der Waals surface area contributed by atoms with E-state index in [2.05, 4.69) is 22.0 Å². The average Bonchev–Trinajstić information content (AvgIpc) is 3.57. The van der Waals surface area contributed by atoms with Gasteiger partial charge in [-0.25, -0.2) is 4.79 Å². The number of urea groups is 1. The van der Waals surface area contributed by atoms with Gasteiger partial charge in [-0.15, -0.1) is 0 Å². The number of aromatic hydroxyl groups is 1. The van der Waals surface area contributed by atoms with E-state index in [1.807, 2.05) is 38.1 Å². The number of H-pyrrole nitrogens is 1. The lowest BCUT2D eigenvalue weighted by Crippen LogP contribution is -2.53. The van der Waals surface area contributed by atoms with Crippen LogP contribution in [0.4, 0.5) is 4.79 Å². The number of hydrogen-bond acceptors (Lipinski definition) is 5. The van der Waals surface area contributed by atoms with Crippen LogP contribution in [0.2, 0.25) is 0 Å². The molecule has 0 bridgehead atoms. The van der Waals surface area contributed by atoms with Crippen molar-refractivity contribution in [3.05, 3.63) is 71.4 Å². The maximum atomic E-state index is 13.9. The van der Waals surface area contributed by atoms with E-state index in [9.17, 15) is 14.7 Å². The zero-order valence-electron chi connectivity index (χ0n) is 21.2. The summed E-state index contributed by atoms with van der Waals surface area (Å²) in [4.78, 5) is 36.8. The number of nitrogens with zero attached hydrogens (tertiary/aromatic N) is 3. The van der Waals surface area contributed by atoms with E-state index in [4.69, 9.17) is 4.74 Å². The van der Waals surface area contributed by atoms with Crippen LogP contribution in [0.15, 0.2) is 54.6 Å². The smallest absolute Gasteiger partial charge is 0.328 e. The number of hydrogen-bond donors (Lipinski definition) is 2. The number of carbonyl (C=O) groups excluding carboxylic acids is 2. The van der Waals surface area contributed by atoms with Crippen molar-refractivity contribution >= 4 is 22.8 Å². The lowest BCUT2D eigenvalue weighted by molar-refractivity contribution is -0.133. The summed E-state index contributed by atoms with van der Waals surface area (Å²) in [7, 11) is 0. The summed E-state index contributed by atoms with van der Waals surface area (Å²) in [6.45, 7) is 7.43. The monoisotopic (exact) mass is 500 g/mol. The second-order valence-electron chi connectivity index (χ2n) is 10.3. The third-order valence-electron chi connectivity index (χ3n) is 7.88. The number of nitrogens with one attached hydrogen (secondary N) is 1. The fourth-order valence-electron chi connectivity index (χ4n) is 6.14. The molecule has 0 aliphatic carbocycles. The van der Waals surface area contributed by atoms with Crippen LogP contribution in [0.5, 0.6) is 11.5 Å². The average molecular weight is 501 g/mol. The number of ether oxygens (including phenoxy) is 1. The van der Waals surface area contributed by atoms with Crippen molar-refractivity contribution in [1.82, 2.24) is 19.7 Å². The Labute approximate surface area is 216 Å². The standard InChI is InChI=1S/C29H32N4O4/c1-3-37-21-10-11-24-22(17-21)23-18-29(2)27(35)32(15-7-14-31-12-4-5-13-31)28(36)33(29)26(25(23)30-24)19-8-6-9-20(34)16-19/h4-6,8-11,16-17,26,30,34H,3,7,12-15,18H2,1-2H3. The molecule has 2 atom stereocenters. The Bertz CT molecular complexity index is 1400. The first-order chi connectivity index (χ1) is 17.9. The predicted octanol–water partition coefficient (Wildman–Crippen LogP) is 4.20. The van der Waals surface area contributed by atoms with Gasteiger partial charge in [0.05, 0.1) is 6.61 Å². The van der Waals surface area contributed by atoms with Gasteiger partial charge in [0.2, 0.25) is 0 Å². The summed E-state index contributed by atoms with van der Waals surface area (Å²) in [6, 6.07) is 12.1. The first-order valence-electron chi connectivity index (χ1n) is 13.0. The van der Waals surface area contributed by atoms with Gasteiger partial charge in [0.15, 0.2) is 0 Å². The van der Waals surface area contributed by atoms with Gasteiger partial charge in [0.1, 0.15) is 23.1 Å². The third kappa shape index (κ3) is 3.78. The highest BCUT2D eigenvalue weighted by atomic mass is 16.5. The molecule has 8 heteroatoms. The highest BCUT2D eigenvalue weighted by Crippen LogP contribution is 2.49. The normalized spacial score (nSPS) is 23.2. The predicted molar refractivity (Wildman–Crippen MR) is 141 cm³/mol. The number of imide groups is 1. The van der Waals surface area contributed by atoms with Crippen LogP contribution in [-0.4, -0.2) is 75.1 Å². The van der Waals surface area contributed by atoms with E-state index in [1.165, 1.54) is 4.90 Å². The molecule has 0 radical (unpaired) electrons. The van der Waals surface area contributed by atoms with Gasteiger partial charge >= 0.3 is 6.03 Å². The summed E-state index contributed by atoms with van der Waals surface area (Å²) in [5, 5.41) is 11.3. The molecule has 6 rings (SSSR count). The van der Waals surface area contributed by atoms with Crippen LogP contribution in [0.1, 0.15) is 43.1 Å². The second-order valence-corrected chi connectivity index (χ2v) is 10.3. The Morgan fingerprint density at radius 1 is 1.11 bits per heavy atom. The number of phenols is 1. The number of aromatic amines is 1. The van der Waals surface area contributed by atoms with Gasteiger partial charge in [-0.05, 0) is 61.7 Å². The van der Waals surface area contributed by atoms with E-state index in [0.29, 0.717) is 19.6 Å². The minimum Gasteiger partial charge on any atom is -0.508 e. The Morgan fingerprint density at radius 3 is 2.68 bits per heavy atom. The fourth-order valence-corrected chi connectivity index (χ4v) is 6.14. The molecule has 4 heterocycles. The Morgan fingerprint density at radius 2 is 1.92 bits per heavy atom. The Balaban J connectivity index is 1.42. The van der Waals surface area contributed by atoms with Gasteiger partial charge in [-0.3, -0.25) is 19.5 Å². The Hall–Kier alpha value is -3.78. The molecule has 3 amide bonds. The topological polar surface area (TPSA) is 89.1 Å². The molecule has 192 valence electrons. The molecule has 3 aliphatic rings. The van der Waals surface area contributed by atoms with Gasteiger partial charge in [0.25, 0.3) is 5.91 Å². The highest BCUT2D eigenvalue weighted by Gasteiger charge is 2.60. The SMILES string of the molecule is CCOc1ccc2[nH]c3c(c2c1)CC1(C)C(=O)N(CCCN2CC=CC2)C(=O)N1C3c1cccc(O)c1. The number of phenolic OH excluding ortho intramolecular Hbond substituents is 1. The van der Waals surface area contributed by atoms with E-state index in [0.717, 1.165) is 59.5 Å². The molecule has 1 fully saturated rings. The summed E-state index contributed by atoms with van der Waals surface area (Å²) >= 11 is 0. The first kappa shape index (κ1) is 23.6. The van der Waals surface area contributed by atoms with Crippen molar-refractivity contribution in [2.45, 2.75) is 38.3 Å². The summed E-state index contributed by atoms with van der Waals surface area (Å²) in [5.74, 6) is 0.725. The molecule has 37 heavy (non-hydrogen) atoms. The van der Waals surface area contributed by atoms with Gasteiger partial charge in [-0.1, -0.05) is 24.3 Å². The number of fused-ring (bicyclic) bond motifs is 4. The molecule has 8 nitrogen and oxygen atoms in total. The lowest BCUT2D eigenvalue weighted by atomic mass is 9.81. The van der Waals surface area contributed by atoms with Crippen LogP contribution in [0.3, 0.4) is 0 Å². The summed E-state index contributed by atoms with van der Waals surface area (Å²) in [5.41, 5.74) is 2.54. The maximum absolute atomic E-state index is 13.9. The van der Waals surface area contributed by atoms with E-state index < -0.39 is 11.6 Å². The van der Waals surface area contributed by atoms with Crippen molar-refractivity contribution in [1.29, 1.82) is 0 Å². The van der Waals surface area contributed by atoms with Crippen LogP contribution >= 0.6 is 0 Å². The molecule has 1 aromatic heterocycles. The summed E-state index contributed by atoms with van der Waals surface area (Å²) < 4.78 is 5.76. The minimum absolute atomic E-state index is 0.120. The van der Waals surface area contributed by atoms with Crippen molar-refractivity contribution in [3.8, 4) is 11.5 Å². The largest absolute Gasteiger partial charge is 0.508 e. The van der Waals surface area contributed by atoms with E-state index >= 15 is 0 Å².